The molecule has 0 amide bonds. The third-order valence-corrected chi connectivity index (χ3v) is 9.18. The number of rotatable bonds is 8. The molecule has 1 aliphatic heterocycles. The lowest BCUT2D eigenvalue weighted by Gasteiger charge is -2.49. The van der Waals surface area contributed by atoms with E-state index < -0.39 is 0 Å². The molecule has 8 nitrogen and oxygen atoms in total. The second-order valence-electron chi connectivity index (χ2n) is 12.0. The highest BCUT2D eigenvalue weighted by Crippen LogP contribution is 2.45. The summed E-state index contributed by atoms with van der Waals surface area (Å²) in [5.41, 5.74) is 0.404. The minimum absolute atomic E-state index is 0. The predicted octanol–water partition coefficient (Wildman–Crippen LogP) is 2.06. The molecule has 4 atom stereocenters. The highest BCUT2D eigenvalue weighted by Gasteiger charge is 2.41. The standard InChI is InChI=1S/C26H49ClN2O.CH4.5H2O/c1-19(2)25(28-15-20-6-5-7-21(14-20)17-30)16-29-13-12-24(26(3,4)18-29)22-8-10-23(27)11-9-22;;;;;;/h19-25,28,30H,5-18H2,1-4H3;1H4;5*1H2/t20?,21?,22?,23?,24?,25-;;;;;;/m0....../s1. The number of hydrogen-bond acceptors (Lipinski definition) is 3. The summed E-state index contributed by atoms with van der Waals surface area (Å²) >= 11 is 6.38. The molecular weight excluding hydrogens is 484 g/mol. The van der Waals surface area contributed by atoms with Crippen molar-refractivity contribution < 1.29 is 32.5 Å². The zero-order chi connectivity index (χ0) is 21.7. The van der Waals surface area contributed by atoms with Crippen molar-refractivity contribution in [2.45, 2.75) is 104 Å². The summed E-state index contributed by atoms with van der Waals surface area (Å²) in [6.07, 6.45) is 11.5. The van der Waals surface area contributed by atoms with E-state index >= 15 is 0 Å². The van der Waals surface area contributed by atoms with Crippen LogP contribution in [-0.4, -0.2) is 81.6 Å². The minimum Gasteiger partial charge on any atom is -0.412 e. The summed E-state index contributed by atoms with van der Waals surface area (Å²) in [5.74, 6) is 3.69. The van der Waals surface area contributed by atoms with Crippen molar-refractivity contribution in [3.63, 3.8) is 0 Å². The van der Waals surface area contributed by atoms with Crippen LogP contribution >= 0.6 is 11.6 Å². The first kappa shape index (κ1) is 43.0. The van der Waals surface area contributed by atoms with Crippen LogP contribution < -0.4 is 5.32 Å². The monoisotopic (exact) mass is 546 g/mol. The van der Waals surface area contributed by atoms with E-state index in [-0.39, 0.29) is 34.8 Å². The van der Waals surface area contributed by atoms with Crippen molar-refractivity contribution in [1.82, 2.24) is 10.2 Å². The molecule has 0 aromatic carbocycles. The molecule has 2 aliphatic carbocycles. The van der Waals surface area contributed by atoms with E-state index in [9.17, 15) is 5.11 Å². The molecule has 3 fully saturated rings. The number of hydrogen-bond donors (Lipinski definition) is 2. The van der Waals surface area contributed by atoms with Gasteiger partial charge < -0.3 is 42.7 Å². The summed E-state index contributed by atoms with van der Waals surface area (Å²) in [5, 5.41) is 13.9. The van der Waals surface area contributed by atoms with Gasteiger partial charge in [-0.3, -0.25) is 0 Å². The maximum absolute atomic E-state index is 9.53. The molecule has 2 saturated carbocycles. The smallest absolute Gasteiger partial charge is 0.0459 e. The summed E-state index contributed by atoms with van der Waals surface area (Å²) in [7, 11) is 0. The molecule has 0 spiro atoms. The first-order chi connectivity index (χ1) is 14.3. The number of piperidine rings is 1. The molecule has 0 aromatic rings. The fourth-order valence-corrected chi connectivity index (χ4v) is 7.11. The van der Waals surface area contributed by atoms with Crippen molar-refractivity contribution in [2.24, 2.45) is 35.0 Å². The van der Waals surface area contributed by atoms with Crippen molar-refractivity contribution in [2.75, 3.05) is 32.8 Å². The van der Waals surface area contributed by atoms with Crippen LogP contribution in [0, 0.1) is 35.0 Å². The first-order valence-electron chi connectivity index (χ1n) is 13.0. The average Bonchev–Trinajstić information content (AvgIpc) is 2.71. The van der Waals surface area contributed by atoms with E-state index in [0.717, 1.165) is 24.3 Å². The van der Waals surface area contributed by atoms with Crippen molar-refractivity contribution in [3.8, 4) is 0 Å². The van der Waals surface area contributed by atoms with Gasteiger partial charge in [-0.1, -0.05) is 41.5 Å². The Labute approximate surface area is 226 Å². The van der Waals surface area contributed by atoms with E-state index in [1.54, 1.807) is 0 Å². The number of aliphatic hydroxyl groups excluding tert-OH is 1. The van der Waals surface area contributed by atoms with Crippen LogP contribution in [-0.2, 0) is 0 Å². The van der Waals surface area contributed by atoms with Gasteiger partial charge in [0.25, 0.3) is 0 Å². The molecule has 1 heterocycles. The zero-order valence-electron chi connectivity index (χ0n) is 22.7. The summed E-state index contributed by atoms with van der Waals surface area (Å²) in [6, 6.07) is 0.568. The number of alkyl halides is 1. The lowest BCUT2D eigenvalue weighted by molar-refractivity contribution is 0.00449. The molecule has 3 unspecified atom stereocenters. The molecule has 1 saturated heterocycles. The van der Waals surface area contributed by atoms with Crippen molar-refractivity contribution >= 4 is 11.6 Å². The fraction of sp³-hybridized carbons (Fsp3) is 1.00. The van der Waals surface area contributed by atoms with E-state index in [1.165, 1.54) is 77.4 Å². The van der Waals surface area contributed by atoms with E-state index in [2.05, 4.69) is 37.9 Å². The first-order valence-corrected chi connectivity index (χ1v) is 13.4. The van der Waals surface area contributed by atoms with Crippen LogP contribution in [0.15, 0.2) is 0 Å². The Kier molecular flexibility index (Phi) is 23.9. The maximum atomic E-state index is 9.53. The van der Waals surface area contributed by atoms with Crippen LogP contribution in [0.1, 0.15) is 92.9 Å². The molecule has 12 N–H and O–H groups in total. The maximum Gasteiger partial charge on any atom is 0.0459 e. The number of halogens is 1. The number of aliphatic hydroxyl groups is 1. The Balaban J connectivity index is -0.000000853. The fourth-order valence-electron chi connectivity index (χ4n) is 6.86. The minimum atomic E-state index is 0. The molecule has 0 radical (unpaired) electrons. The van der Waals surface area contributed by atoms with Crippen LogP contribution in [0.4, 0.5) is 0 Å². The lowest BCUT2D eigenvalue weighted by Crippen LogP contribution is -2.53. The highest BCUT2D eigenvalue weighted by atomic mass is 35.5. The molecule has 224 valence electrons. The van der Waals surface area contributed by atoms with Crippen molar-refractivity contribution in [3.05, 3.63) is 0 Å². The Morgan fingerprint density at radius 2 is 1.50 bits per heavy atom. The van der Waals surface area contributed by atoms with E-state index in [0.29, 0.717) is 35.3 Å². The Bertz CT molecular complexity index is 520. The second kappa shape index (κ2) is 20.0. The topological polar surface area (TPSA) is 193 Å². The molecule has 3 rings (SSSR count). The molecule has 0 bridgehead atoms. The van der Waals surface area contributed by atoms with Gasteiger partial charge in [-0.15, -0.1) is 11.6 Å². The Morgan fingerprint density at radius 3 is 2.03 bits per heavy atom. The Morgan fingerprint density at radius 1 is 0.917 bits per heavy atom. The van der Waals surface area contributed by atoms with Gasteiger partial charge in [0.15, 0.2) is 0 Å². The SMILES string of the molecule is C.CC(C)[C@H](CN1CCC(C2CCC(Cl)CC2)C(C)(C)C1)NCC1CCCC(CO)C1.O.O.O.O.O. The number of likely N-dealkylation sites (tertiary alicyclic amines) is 1. The largest absolute Gasteiger partial charge is 0.412 e. The predicted molar refractivity (Wildman–Crippen MR) is 154 cm³/mol. The van der Waals surface area contributed by atoms with Gasteiger partial charge in [-0.2, -0.15) is 0 Å². The number of nitrogens with zero attached hydrogens (tertiary/aromatic N) is 1. The van der Waals surface area contributed by atoms with E-state index in [1.807, 2.05) is 0 Å². The van der Waals surface area contributed by atoms with E-state index in [4.69, 9.17) is 11.6 Å². The van der Waals surface area contributed by atoms with Crippen LogP contribution in [0.5, 0.6) is 0 Å². The third-order valence-electron chi connectivity index (χ3n) is 8.74. The van der Waals surface area contributed by atoms with Gasteiger partial charge in [0.1, 0.15) is 0 Å². The van der Waals surface area contributed by atoms with Gasteiger partial charge >= 0.3 is 0 Å². The molecule has 36 heavy (non-hydrogen) atoms. The Hall–Kier alpha value is -0.0300. The lowest BCUT2D eigenvalue weighted by atomic mass is 9.64. The van der Waals surface area contributed by atoms with Gasteiger partial charge in [-0.25, -0.2) is 0 Å². The zero-order valence-corrected chi connectivity index (χ0v) is 23.5. The third kappa shape index (κ3) is 12.2. The summed E-state index contributed by atoms with van der Waals surface area (Å²) < 4.78 is 0. The number of nitrogens with one attached hydrogen (secondary N) is 1. The van der Waals surface area contributed by atoms with Gasteiger partial charge in [0.2, 0.25) is 0 Å². The molecule has 3 aliphatic rings. The van der Waals surface area contributed by atoms with Gasteiger partial charge in [0, 0.05) is 31.1 Å². The normalized spacial score (nSPS) is 30.6. The quantitative estimate of drug-likeness (QED) is 0.440. The summed E-state index contributed by atoms with van der Waals surface area (Å²) in [6.45, 7) is 15.0. The molecule has 9 heteroatoms. The highest BCUT2D eigenvalue weighted by molar-refractivity contribution is 6.20. The van der Waals surface area contributed by atoms with Crippen LogP contribution in [0.3, 0.4) is 0 Å². The van der Waals surface area contributed by atoms with Gasteiger partial charge in [-0.05, 0) is 99.5 Å². The van der Waals surface area contributed by atoms with Crippen LogP contribution in [0.25, 0.3) is 0 Å². The van der Waals surface area contributed by atoms with Gasteiger partial charge in [0.05, 0.1) is 0 Å². The second-order valence-corrected chi connectivity index (χ2v) is 12.6. The average molecular weight is 547 g/mol. The summed E-state index contributed by atoms with van der Waals surface area (Å²) in [4.78, 5) is 2.75. The van der Waals surface area contributed by atoms with Crippen molar-refractivity contribution in [1.29, 1.82) is 0 Å². The molecular formula is C27H63ClN2O6. The molecule has 0 aromatic heterocycles. The van der Waals surface area contributed by atoms with Crippen LogP contribution in [0.2, 0.25) is 0 Å².